The number of hydrogen-bond acceptors (Lipinski definition) is 2. The standard InChI is InChI=1S/C10H9BrN2/c1-6-7(2)10-9(5-8(6)11)12-3-4-13-10/h3-5H,1-2H3. The molecule has 1 aromatic carbocycles. The van der Waals surface area contributed by atoms with Crippen LogP contribution in [-0.4, -0.2) is 9.97 Å². The number of aryl methyl sites for hydroxylation is 1. The Labute approximate surface area is 85.1 Å². The molecule has 3 heteroatoms. The molecule has 13 heavy (non-hydrogen) atoms. The van der Waals surface area contributed by atoms with E-state index in [1.165, 1.54) is 11.1 Å². The fourth-order valence-corrected chi connectivity index (χ4v) is 1.84. The predicted octanol–water partition coefficient (Wildman–Crippen LogP) is 3.01. The van der Waals surface area contributed by atoms with Crippen molar-refractivity contribution in [1.82, 2.24) is 9.97 Å². The summed E-state index contributed by atoms with van der Waals surface area (Å²) in [6.45, 7) is 4.14. The van der Waals surface area contributed by atoms with Crippen molar-refractivity contribution in [1.29, 1.82) is 0 Å². The lowest BCUT2D eigenvalue weighted by Gasteiger charge is -2.05. The van der Waals surface area contributed by atoms with Crippen LogP contribution in [0.4, 0.5) is 0 Å². The Balaban J connectivity index is 2.94. The van der Waals surface area contributed by atoms with Crippen molar-refractivity contribution < 1.29 is 0 Å². The maximum atomic E-state index is 4.30. The summed E-state index contributed by atoms with van der Waals surface area (Å²) in [6, 6.07) is 2.00. The normalized spacial score (nSPS) is 10.7. The van der Waals surface area contributed by atoms with Gasteiger partial charge in [-0.3, -0.25) is 9.97 Å². The largest absolute Gasteiger partial charge is 0.253 e. The van der Waals surface area contributed by atoms with Crippen molar-refractivity contribution >= 4 is 27.0 Å². The summed E-state index contributed by atoms with van der Waals surface area (Å²) in [6.07, 6.45) is 3.44. The third kappa shape index (κ3) is 1.33. The zero-order chi connectivity index (χ0) is 9.42. The van der Waals surface area contributed by atoms with Gasteiger partial charge in [0, 0.05) is 16.9 Å². The van der Waals surface area contributed by atoms with Gasteiger partial charge in [-0.1, -0.05) is 15.9 Å². The van der Waals surface area contributed by atoms with Crippen molar-refractivity contribution in [2.24, 2.45) is 0 Å². The van der Waals surface area contributed by atoms with Crippen LogP contribution in [0.15, 0.2) is 22.9 Å². The number of rotatable bonds is 0. The van der Waals surface area contributed by atoms with Crippen LogP contribution in [0.3, 0.4) is 0 Å². The van der Waals surface area contributed by atoms with Gasteiger partial charge in [-0.15, -0.1) is 0 Å². The summed E-state index contributed by atoms with van der Waals surface area (Å²) in [5.74, 6) is 0. The van der Waals surface area contributed by atoms with Gasteiger partial charge in [-0.25, -0.2) is 0 Å². The third-order valence-corrected chi connectivity index (χ3v) is 3.09. The highest BCUT2D eigenvalue weighted by Crippen LogP contribution is 2.25. The van der Waals surface area contributed by atoms with Crippen LogP contribution >= 0.6 is 15.9 Å². The van der Waals surface area contributed by atoms with E-state index >= 15 is 0 Å². The summed E-state index contributed by atoms with van der Waals surface area (Å²) in [5, 5.41) is 0. The third-order valence-electron chi connectivity index (χ3n) is 2.27. The van der Waals surface area contributed by atoms with Gasteiger partial charge in [0.15, 0.2) is 0 Å². The Hall–Kier alpha value is -0.960. The molecule has 1 aromatic heterocycles. The number of aromatic nitrogens is 2. The van der Waals surface area contributed by atoms with Gasteiger partial charge in [0.05, 0.1) is 11.0 Å². The summed E-state index contributed by atoms with van der Waals surface area (Å²) < 4.78 is 1.10. The summed E-state index contributed by atoms with van der Waals surface area (Å²) in [7, 11) is 0. The van der Waals surface area contributed by atoms with Crippen LogP contribution in [0.5, 0.6) is 0 Å². The SMILES string of the molecule is Cc1c(Br)cc2nccnc2c1C. The zero-order valence-corrected chi connectivity index (χ0v) is 9.09. The molecule has 0 spiro atoms. The average molecular weight is 237 g/mol. The number of halogens is 1. The molecule has 0 amide bonds. The van der Waals surface area contributed by atoms with Gasteiger partial charge in [0.2, 0.25) is 0 Å². The van der Waals surface area contributed by atoms with Gasteiger partial charge in [0.25, 0.3) is 0 Å². The molecule has 0 aliphatic heterocycles. The van der Waals surface area contributed by atoms with E-state index in [4.69, 9.17) is 0 Å². The van der Waals surface area contributed by atoms with Crippen molar-refractivity contribution in [3.05, 3.63) is 34.1 Å². The minimum Gasteiger partial charge on any atom is -0.253 e. The Morgan fingerprint density at radius 3 is 2.54 bits per heavy atom. The Kier molecular flexibility index (Phi) is 2.04. The molecule has 0 saturated carbocycles. The van der Waals surface area contributed by atoms with E-state index in [1.807, 2.05) is 6.07 Å². The molecule has 2 nitrogen and oxygen atoms in total. The number of benzene rings is 1. The lowest BCUT2D eigenvalue weighted by Crippen LogP contribution is -1.90. The summed E-state index contributed by atoms with van der Waals surface area (Å²) in [5.41, 5.74) is 4.35. The lowest BCUT2D eigenvalue weighted by molar-refractivity contribution is 1.24. The van der Waals surface area contributed by atoms with Gasteiger partial charge >= 0.3 is 0 Å². The predicted molar refractivity (Wildman–Crippen MR) is 56.7 cm³/mol. The molecular weight excluding hydrogens is 228 g/mol. The maximum absolute atomic E-state index is 4.30. The minimum absolute atomic E-state index is 0.942. The number of fused-ring (bicyclic) bond motifs is 1. The second-order valence-electron chi connectivity index (χ2n) is 3.03. The van der Waals surface area contributed by atoms with Crippen LogP contribution in [0.25, 0.3) is 11.0 Å². The molecule has 0 unspecified atom stereocenters. The van der Waals surface area contributed by atoms with Gasteiger partial charge in [0.1, 0.15) is 0 Å². The molecule has 0 aliphatic rings. The fraction of sp³-hybridized carbons (Fsp3) is 0.200. The van der Waals surface area contributed by atoms with Gasteiger partial charge in [-0.05, 0) is 31.0 Å². The van der Waals surface area contributed by atoms with E-state index in [1.54, 1.807) is 12.4 Å². The molecular formula is C10H9BrN2. The Morgan fingerprint density at radius 1 is 1.08 bits per heavy atom. The van der Waals surface area contributed by atoms with Crippen LogP contribution in [-0.2, 0) is 0 Å². The van der Waals surface area contributed by atoms with Gasteiger partial charge in [-0.2, -0.15) is 0 Å². The molecule has 66 valence electrons. The first kappa shape index (κ1) is 8.63. The quantitative estimate of drug-likeness (QED) is 0.703. The van der Waals surface area contributed by atoms with E-state index in [9.17, 15) is 0 Å². The van der Waals surface area contributed by atoms with Crippen LogP contribution in [0, 0.1) is 13.8 Å². The van der Waals surface area contributed by atoms with Gasteiger partial charge < -0.3 is 0 Å². The van der Waals surface area contributed by atoms with Crippen LogP contribution < -0.4 is 0 Å². The number of hydrogen-bond donors (Lipinski definition) is 0. The van der Waals surface area contributed by atoms with Crippen molar-refractivity contribution in [3.8, 4) is 0 Å². The van der Waals surface area contributed by atoms with E-state index in [0.29, 0.717) is 0 Å². The summed E-state index contributed by atoms with van der Waals surface area (Å²) in [4.78, 5) is 8.55. The highest BCUT2D eigenvalue weighted by atomic mass is 79.9. The molecule has 0 aliphatic carbocycles. The van der Waals surface area contributed by atoms with Crippen molar-refractivity contribution in [2.45, 2.75) is 13.8 Å². The first-order chi connectivity index (χ1) is 6.20. The van der Waals surface area contributed by atoms with E-state index in [0.717, 1.165) is 15.5 Å². The molecule has 2 rings (SSSR count). The molecule has 0 atom stereocenters. The lowest BCUT2D eigenvalue weighted by atomic mass is 10.1. The summed E-state index contributed by atoms with van der Waals surface area (Å²) >= 11 is 3.50. The molecule has 0 saturated heterocycles. The number of nitrogens with zero attached hydrogens (tertiary/aromatic N) is 2. The fourth-order valence-electron chi connectivity index (χ4n) is 1.33. The second-order valence-corrected chi connectivity index (χ2v) is 3.89. The highest BCUT2D eigenvalue weighted by molar-refractivity contribution is 9.10. The molecule has 0 N–H and O–H groups in total. The van der Waals surface area contributed by atoms with Crippen molar-refractivity contribution in [2.75, 3.05) is 0 Å². The Morgan fingerprint density at radius 2 is 1.77 bits per heavy atom. The van der Waals surface area contributed by atoms with E-state index < -0.39 is 0 Å². The average Bonchev–Trinajstić information content (AvgIpc) is 2.15. The topological polar surface area (TPSA) is 25.8 Å². The molecule has 0 fully saturated rings. The highest BCUT2D eigenvalue weighted by Gasteiger charge is 2.05. The molecule has 0 radical (unpaired) electrons. The monoisotopic (exact) mass is 236 g/mol. The smallest absolute Gasteiger partial charge is 0.0919 e. The van der Waals surface area contributed by atoms with Crippen LogP contribution in [0.1, 0.15) is 11.1 Å². The molecule has 2 aromatic rings. The maximum Gasteiger partial charge on any atom is 0.0919 e. The second kappa shape index (κ2) is 3.07. The first-order valence-electron chi connectivity index (χ1n) is 4.06. The molecule has 0 bridgehead atoms. The minimum atomic E-state index is 0.942. The molecule has 1 heterocycles. The van der Waals surface area contributed by atoms with E-state index in [2.05, 4.69) is 39.7 Å². The zero-order valence-electron chi connectivity index (χ0n) is 7.50. The first-order valence-corrected chi connectivity index (χ1v) is 4.86. The Bertz CT molecular complexity index is 466. The van der Waals surface area contributed by atoms with Crippen LogP contribution in [0.2, 0.25) is 0 Å². The van der Waals surface area contributed by atoms with E-state index in [-0.39, 0.29) is 0 Å². The van der Waals surface area contributed by atoms with Crippen molar-refractivity contribution in [3.63, 3.8) is 0 Å².